The molecular weight excluding hydrogens is 384 g/mol. The van der Waals surface area contributed by atoms with Crippen molar-refractivity contribution in [2.45, 2.75) is 12.8 Å². The molecule has 0 unspecified atom stereocenters. The highest BCUT2D eigenvalue weighted by Gasteiger charge is 2.08. The normalized spacial score (nSPS) is 10.5. The molecule has 2 aromatic rings. The molecule has 154 valence electrons. The predicted octanol–water partition coefficient (Wildman–Crippen LogP) is 1.49. The van der Waals surface area contributed by atoms with Gasteiger partial charge in [-0.15, -0.1) is 0 Å². The second-order valence-electron chi connectivity index (χ2n) is 6.06. The second-order valence-corrected chi connectivity index (χ2v) is 6.06. The Morgan fingerprint density at radius 1 is 0.567 bits per heavy atom. The molecule has 0 saturated heterocycles. The van der Waals surface area contributed by atoms with Crippen LogP contribution in [0, 0.1) is 0 Å². The van der Waals surface area contributed by atoms with Gasteiger partial charge < -0.3 is 0 Å². The topological polar surface area (TPSA) is 116 Å². The summed E-state index contributed by atoms with van der Waals surface area (Å²) in [5.74, 6) is -2.09. The van der Waals surface area contributed by atoms with Crippen LogP contribution < -0.4 is 21.7 Å². The third-order valence-electron chi connectivity index (χ3n) is 3.68. The Balaban J connectivity index is 1.60. The van der Waals surface area contributed by atoms with E-state index in [1.54, 1.807) is 12.2 Å². The minimum absolute atomic E-state index is 0.162. The van der Waals surface area contributed by atoms with Crippen LogP contribution in [0.4, 0.5) is 0 Å². The van der Waals surface area contributed by atoms with Crippen molar-refractivity contribution < 1.29 is 19.2 Å². The lowest BCUT2D eigenvalue weighted by Crippen LogP contribution is -2.43. The molecule has 0 radical (unpaired) electrons. The summed E-state index contributed by atoms with van der Waals surface area (Å²) in [5.41, 5.74) is 10.6. The van der Waals surface area contributed by atoms with Crippen molar-refractivity contribution >= 4 is 35.8 Å². The van der Waals surface area contributed by atoms with Gasteiger partial charge >= 0.3 is 0 Å². The lowest BCUT2D eigenvalue weighted by atomic mass is 10.2. The molecule has 0 aliphatic rings. The molecule has 8 nitrogen and oxygen atoms in total. The maximum atomic E-state index is 11.7. The summed E-state index contributed by atoms with van der Waals surface area (Å²) in [6.07, 6.45) is 5.43. The smallest absolute Gasteiger partial charge is 0.262 e. The first kappa shape index (κ1) is 22.1. The molecule has 0 bridgehead atoms. The molecule has 0 aromatic heterocycles. The highest BCUT2D eigenvalue weighted by molar-refractivity contribution is 5.94. The van der Waals surface area contributed by atoms with Crippen molar-refractivity contribution in [3.63, 3.8) is 0 Å². The predicted molar refractivity (Wildman–Crippen MR) is 113 cm³/mol. The first-order chi connectivity index (χ1) is 14.5. The van der Waals surface area contributed by atoms with E-state index in [2.05, 4.69) is 21.7 Å². The summed E-state index contributed by atoms with van der Waals surface area (Å²) in [6.45, 7) is 0. The minimum atomic E-state index is -0.540. The number of hydrogen-bond donors (Lipinski definition) is 4. The van der Waals surface area contributed by atoms with Crippen molar-refractivity contribution in [3.05, 3.63) is 83.9 Å². The van der Waals surface area contributed by atoms with E-state index in [1.165, 1.54) is 12.2 Å². The number of hydrazine groups is 2. The van der Waals surface area contributed by atoms with Gasteiger partial charge in [-0.2, -0.15) is 0 Å². The van der Waals surface area contributed by atoms with Gasteiger partial charge in [0.05, 0.1) is 0 Å². The third kappa shape index (κ3) is 9.14. The summed E-state index contributed by atoms with van der Waals surface area (Å²) in [5, 5.41) is 0. The number of rotatable bonds is 7. The quantitative estimate of drug-likeness (QED) is 0.412. The van der Waals surface area contributed by atoms with Crippen molar-refractivity contribution in [3.8, 4) is 0 Å². The molecule has 30 heavy (non-hydrogen) atoms. The molecule has 0 aliphatic carbocycles. The molecule has 4 N–H and O–H groups in total. The fraction of sp³-hybridized carbons (Fsp3) is 0.0909. The molecule has 0 aliphatic heterocycles. The Kier molecular flexibility index (Phi) is 9.06. The van der Waals surface area contributed by atoms with Crippen LogP contribution in [0.25, 0.3) is 12.2 Å². The summed E-state index contributed by atoms with van der Waals surface area (Å²) in [4.78, 5) is 46.7. The number of amides is 4. The van der Waals surface area contributed by atoms with Gasteiger partial charge in [0.2, 0.25) is 11.8 Å². The van der Waals surface area contributed by atoms with E-state index in [-0.39, 0.29) is 12.8 Å². The Labute approximate surface area is 174 Å². The second kappa shape index (κ2) is 12.3. The van der Waals surface area contributed by atoms with Crippen LogP contribution in [0.15, 0.2) is 72.8 Å². The Morgan fingerprint density at radius 3 is 1.30 bits per heavy atom. The summed E-state index contributed by atoms with van der Waals surface area (Å²) in [7, 11) is 0. The lowest BCUT2D eigenvalue weighted by Gasteiger charge is -2.06. The zero-order valence-corrected chi connectivity index (χ0v) is 16.1. The molecule has 0 spiro atoms. The molecule has 0 fully saturated rings. The van der Waals surface area contributed by atoms with E-state index in [1.807, 2.05) is 60.7 Å². The molecule has 0 saturated carbocycles. The van der Waals surface area contributed by atoms with Crippen molar-refractivity contribution in [2.75, 3.05) is 0 Å². The zero-order valence-electron chi connectivity index (χ0n) is 16.1. The van der Waals surface area contributed by atoms with Crippen LogP contribution in [0.1, 0.15) is 24.0 Å². The van der Waals surface area contributed by atoms with E-state index in [0.717, 1.165) is 11.1 Å². The maximum absolute atomic E-state index is 11.7. The van der Waals surface area contributed by atoms with Crippen LogP contribution in [0.5, 0.6) is 0 Å². The summed E-state index contributed by atoms with van der Waals surface area (Å²) < 4.78 is 0. The Hall–Kier alpha value is -4.20. The molecule has 2 rings (SSSR count). The number of benzene rings is 2. The number of hydrogen-bond acceptors (Lipinski definition) is 4. The number of nitrogens with one attached hydrogen (secondary N) is 4. The van der Waals surface area contributed by atoms with Gasteiger partial charge in [0.25, 0.3) is 11.8 Å². The lowest BCUT2D eigenvalue weighted by molar-refractivity contribution is -0.130. The minimum Gasteiger partial charge on any atom is -0.273 e. The standard InChI is InChI=1S/C22H22N4O4/c27-19(13-11-17-7-3-1-4-8-17)23-25-21(29)15-16-22(30)26-24-20(28)14-12-18-9-5-2-6-10-18/h1-14H,15-16H2,(H,23,27)(H,24,28)(H,25,29)(H,26,30)/b13-11-,14-12+. The summed E-state index contributed by atoms with van der Waals surface area (Å²) >= 11 is 0. The monoisotopic (exact) mass is 406 g/mol. The molecule has 0 heterocycles. The zero-order chi connectivity index (χ0) is 21.6. The van der Waals surface area contributed by atoms with Crippen molar-refractivity contribution in [1.82, 2.24) is 21.7 Å². The van der Waals surface area contributed by atoms with Crippen molar-refractivity contribution in [1.29, 1.82) is 0 Å². The molecule has 0 atom stereocenters. The van der Waals surface area contributed by atoms with Gasteiger partial charge in [0.1, 0.15) is 0 Å². The Bertz CT molecular complexity index is 847. The fourth-order valence-electron chi connectivity index (χ4n) is 2.17. The van der Waals surface area contributed by atoms with E-state index in [9.17, 15) is 19.2 Å². The Morgan fingerprint density at radius 2 is 0.933 bits per heavy atom. The summed E-state index contributed by atoms with van der Waals surface area (Å²) in [6, 6.07) is 18.4. The van der Waals surface area contributed by atoms with E-state index < -0.39 is 23.6 Å². The molecule has 8 heteroatoms. The third-order valence-corrected chi connectivity index (χ3v) is 3.68. The first-order valence-electron chi connectivity index (χ1n) is 9.17. The fourth-order valence-corrected chi connectivity index (χ4v) is 2.17. The average Bonchev–Trinajstić information content (AvgIpc) is 2.78. The highest BCUT2D eigenvalue weighted by atomic mass is 16.2. The van der Waals surface area contributed by atoms with Gasteiger partial charge in [-0.1, -0.05) is 60.7 Å². The van der Waals surface area contributed by atoms with Gasteiger partial charge in [0.15, 0.2) is 0 Å². The molecule has 2 aromatic carbocycles. The van der Waals surface area contributed by atoms with Crippen LogP contribution in [-0.2, 0) is 19.2 Å². The van der Waals surface area contributed by atoms with Gasteiger partial charge in [-0.25, -0.2) is 0 Å². The number of carbonyl (C=O) groups excluding carboxylic acids is 4. The van der Waals surface area contributed by atoms with E-state index >= 15 is 0 Å². The average molecular weight is 406 g/mol. The van der Waals surface area contributed by atoms with Gasteiger partial charge in [0, 0.05) is 25.0 Å². The SMILES string of the molecule is O=C(/C=C\c1ccccc1)NNC(=O)CCC(=O)NNC(=O)/C=C/c1ccccc1. The molecular formula is C22H22N4O4. The number of carbonyl (C=O) groups is 4. The maximum Gasteiger partial charge on any atom is 0.262 e. The van der Waals surface area contributed by atoms with E-state index in [4.69, 9.17) is 0 Å². The van der Waals surface area contributed by atoms with Crippen LogP contribution in [-0.4, -0.2) is 23.6 Å². The van der Waals surface area contributed by atoms with E-state index in [0.29, 0.717) is 0 Å². The first-order valence-corrected chi connectivity index (χ1v) is 9.17. The van der Waals surface area contributed by atoms with Gasteiger partial charge in [-0.05, 0) is 23.3 Å². The largest absolute Gasteiger partial charge is 0.273 e. The van der Waals surface area contributed by atoms with Gasteiger partial charge in [-0.3, -0.25) is 40.9 Å². The van der Waals surface area contributed by atoms with Crippen LogP contribution >= 0.6 is 0 Å². The van der Waals surface area contributed by atoms with Crippen LogP contribution in [0.3, 0.4) is 0 Å². The highest BCUT2D eigenvalue weighted by Crippen LogP contribution is 2.01. The molecule has 4 amide bonds. The van der Waals surface area contributed by atoms with Crippen molar-refractivity contribution in [2.24, 2.45) is 0 Å². The van der Waals surface area contributed by atoms with Crippen LogP contribution in [0.2, 0.25) is 0 Å².